The molecular weight excluding hydrogens is 546 g/mol. The predicted molar refractivity (Wildman–Crippen MR) is 185 cm³/mol. The standard InChI is InChI=1S/C42H31N3/c1-42(2)36-18-7-6-16-35(36)40-34(17-9-19-37(40)42)29-20-22-30(23-21-29)38-26-39(33-15-10-24-43-27-33)45-41(44-38)32-14-8-13-31(25-32)28-11-4-3-5-12-28/h3-27H,1-2H3. The van der Waals surface area contributed by atoms with Gasteiger partial charge in [0, 0.05) is 34.5 Å². The van der Waals surface area contributed by atoms with Gasteiger partial charge in [0.05, 0.1) is 11.4 Å². The van der Waals surface area contributed by atoms with Gasteiger partial charge in [0.1, 0.15) is 0 Å². The summed E-state index contributed by atoms with van der Waals surface area (Å²) in [7, 11) is 0. The molecule has 0 amide bonds. The Morgan fingerprint density at radius 1 is 0.444 bits per heavy atom. The Bertz CT molecular complexity index is 2170. The third-order valence-corrected chi connectivity index (χ3v) is 9.01. The lowest BCUT2D eigenvalue weighted by Crippen LogP contribution is -2.14. The Balaban J connectivity index is 1.22. The van der Waals surface area contributed by atoms with E-state index in [-0.39, 0.29) is 5.41 Å². The van der Waals surface area contributed by atoms with Crippen molar-refractivity contribution in [3.8, 4) is 67.3 Å². The van der Waals surface area contributed by atoms with E-state index in [0.717, 1.165) is 39.2 Å². The molecule has 0 N–H and O–H groups in total. The summed E-state index contributed by atoms with van der Waals surface area (Å²) in [6.07, 6.45) is 3.64. The van der Waals surface area contributed by atoms with Crippen molar-refractivity contribution in [1.29, 1.82) is 0 Å². The number of benzene rings is 5. The maximum Gasteiger partial charge on any atom is 0.160 e. The number of pyridine rings is 1. The highest BCUT2D eigenvalue weighted by atomic mass is 14.9. The van der Waals surface area contributed by atoms with E-state index in [4.69, 9.17) is 9.97 Å². The summed E-state index contributed by atoms with van der Waals surface area (Å²) in [6, 6.07) is 49.3. The van der Waals surface area contributed by atoms with Crippen LogP contribution in [0.2, 0.25) is 0 Å². The summed E-state index contributed by atoms with van der Waals surface area (Å²) in [4.78, 5) is 14.5. The van der Waals surface area contributed by atoms with Crippen LogP contribution in [0.15, 0.2) is 152 Å². The van der Waals surface area contributed by atoms with E-state index >= 15 is 0 Å². The SMILES string of the molecule is CC1(C)c2ccccc2-c2c(-c3ccc(-c4cc(-c5cccnc5)nc(-c5cccc(-c6ccccc6)c5)n4)cc3)cccc21. The third-order valence-electron chi connectivity index (χ3n) is 9.01. The lowest BCUT2D eigenvalue weighted by molar-refractivity contribution is 0.660. The van der Waals surface area contributed by atoms with Crippen molar-refractivity contribution in [1.82, 2.24) is 15.0 Å². The van der Waals surface area contributed by atoms with Crippen LogP contribution in [0.4, 0.5) is 0 Å². The first-order valence-electron chi connectivity index (χ1n) is 15.4. The smallest absolute Gasteiger partial charge is 0.160 e. The van der Waals surface area contributed by atoms with Crippen molar-refractivity contribution in [3.63, 3.8) is 0 Å². The van der Waals surface area contributed by atoms with Gasteiger partial charge in [-0.2, -0.15) is 0 Å². The fraction of sp³-hybridized carbons (Fsp3) is 0.0714. The molecule has 2 aromatic heterocycles. The van der Waals surface area contributed by atoms with Gasteiger partial charge in [-0.3, -0.25) is 4.98 Å². The van der Waals surface area contributed by atoms with E-state index < -0.39 is 0 Å². The molecule has 2 heterocycles. The molecule has 0 radical (unpaired) electrons. The minimum Gasteiger partial charge on any atom is -0.264 e. The van der Waals surface area contributed by atoms with E-state index in [1.54, 1.807) is 6.20 Å². The highest BCUT2D eigenvalue weighted by molar-refractivity contribution is 5.92. The Morgan fingerprint density at radius 3 is 1.87 bits per heavy atom. The molecule has 45 heavy (non-hydrogen) atoms. The highest BCUT2D eigenvalue weighted by Gasteiger charge is 2.36. The Hall–Kier alpha value is -5.67. The average Bonchev–Trinajstić information content (AvgIpc) is 3.35. The molecule has 0 saturated carbocycles. The maximum absolute atomic E-state index is 5.11. The molecule has 8 rings (SSSR count). The Kier molecular flexibility index (Phi) is 6.46. The molecule has 7 aromatic rings. The van der Waals surface area contributed by atoms with Crippen molar-refractivity contribution in [2.75, 3.05) is 0 Å². The first kappa shape index (κ1) is 26.9. The Labute approximate surface area is 264 Å². The largest absolute Gasteiger partial charge is 0.264 e. The minimum absolute atomic E-state index is 0.0280. The second kappa shape index (κ2) is 10.8. The summed E-state index contributed by atoms with van der Waals surface area (Å²) < 4.78 is 0. The quantitative estimate of drug-likeness (QED) is 0.204. The summed E-state index contributed by atoms with van der Waals surface area (Å²) in [6.45, 7) is 4.65. The number of hydrogen-bond acceptors (Lipinski definition) is 3. The van der Waals surface area contributed by atoms with E-state index in [2.05, 4.69) is 140 Å². The highest BCUT2D eigenvalue weighted by Crippen LogP contribution is 2.52. The van der Waals surface area contributed by atoms with Crippen molar-refractivity contribution >= 4 is 0 Å². The van der Waals surface area contributed by atoms with Crippen LogP contribution in [0.25, 0.3) is 67.3 Å². The minimum atomic E-state index is -0.0280. The summed E-state index contributed by atoms with van der Waals surface area (Å²) in [5, 5.41) is 0. The number of fused-ring (bicyclic) bond motifs is 3. The van der Waals surface area contributed by atoms with Crippen LogP contribution in [0.3, 0.4) is 0 Å². The average molecular weight is 578 g/mol. The monoisotopic (exact) mass is 577 g/mol. The van der Waals surface area contributed by atoms with Crippen LogP contribution < -0.4 is 0 Å². The van der Waals surface area contributed by atoms with Crippen LogP contribution in [-0.4, -0.2) is 15.0 Å². The van der Waals surface area contributed by atoms with Gasteiger partial charge in [-0.05, 0) is 68.8 Å². The van der Waals surface area contributed by atoms with Gasteiger partial charge in [-0.15, -0.1) is 0 Å². The molecule has 3 heteroatoms. The summed E-state index contributed by atoms with van der Waals surface area (Å²) in [5.74, 6) is 0.688. The van der Waals surface area contributed by atoms with Crippen molar-refractivity contribution < 1.29 is 0 Å². The van der Waals surface area contributed by atoms with Crippen LogP contribution in [0, 0.1) is 0 Å². The van der Waals surface area contributed by atoms with E-state index in [1.165, 1.54) is 33.4 Å². The predicted octanol–water partition coefficient (Wildman–Crippen LogP) is 10.5. The summed E-state index contributed by atoms with van der Waals surface area (Å²) >= 11 is 0. The first-order chi connectivity index (χ1) is 22.1. The topological polar surface area (TPSA) is 38.7 Å². The van der Waals surface area contributed by atoms with Crippen molar-refractivity contribution in [2.24, 2.45) is 0 Å². The molecule has 0 bridgehead atoms. The number of aromatic nitrogens is 3. The fourth-order valence-electron chi connectivity index (χ4n) is 6.67. The van der Waals surface area contributed by atoms with Gasteiger partial charge in [-0.25, -0.2) is 9.97 Å². The Morgan fingerprint density at radius 2 is 1.07 bits per heavy atom. The molecule has 1 aliphatic rings. The molecule has 0 fully saturated rings. The molecule has 0 unspecified atom stereocenters. The fourth-order valence-corrected chi connectivity index (χ4v) is 6.67. The van der Waals surface area contributed by atoms with Crippen LogP contribution in [0.5, 0.6) is 0 Å². The molecule has 3 nitrogen and oxygen atoms in total. The first-order valence-corrected chi connectivity index (χ1v) is 15.4. The van der Waals surface area contributed by atoms with Crippen molar-refractivity contribution in [2.45, 2.75) is 19.3 Å². The molecular formula is C42H31N3. The summed E-state index contributed by atoms with van der Waals surface area (Å²) in [5.41, 5.74) is 14.9. The van der Waals surface area contributed by atoms with Gasteiger partial charge in [-0.1, -0.05) is 129 Å². The van der Waals surface area contributed by atoms with Crippen molar-refractivity contribution in [3.05, 3.63) is 163 Å². The molecule has 0 atom stereocenters. The second-order valence-corrected chi connectivity index (χ2v) is 12.1. The molecule has 0 spiro atoms. The third kappa shape index (κ3) is 4.74. The zero-order chi connectivity index (χ0) is 30.4. The maximum atomic E-state index is 5.11. The molecule has 0 saturated heterocycles. The zero-order valence-electron chi connectivity index (χ0n) is 25.3. The number of hydrogen-bond donors (Lipinski definition) is 0. The lowest BCUT2D eigenvalue weighted by atomic mass is 9.82. The van der Waals surface area contributed by atoms with Crippen LogP contribution in [-0.2, 0) is 5.41 Å². The van der Waals surface area contributed by atoms with E-state index in [1.807, 2.05) is 24.4 Å². The van der Waals surface area contributed by atoms with Crippen LogP contribution >= 0.6 is 0 Å². The lowest BCUT2D eigenvalue weighted by Gasteiger charge is -2.21. The van der Waals surface area contributed by atoms with Gasteiger partial charge in [0.25, 0.3) is 0 Å². The zero-order valence-corrected chi connectivity index (χ0v) is 25.3. The van der Waals surface area contributed by atoms with Gasteiger partial charge in [0.2, 0.25) is 0 Å². The second-order valence-electron chi connectivity index (χ2n) is 12.1. The van der Waals surface area contributed by atoms with Gasteiger partial charge >= 0.3 is 0 Å². The molecule has 1 aliphatic carbocycles. The van der Waals surface area contributed by atoms with E-state index in [9.17, 15) is 0 Å². The number of rotatable bonds is 5. The van der Waals surface area contributed by atoms with Crippen LogP contribution in [0.1, 0.15) is 25.0 Å². The number of nitrogens with zero attached hydrogens (tertiary/aromatic N) is 3. The van der Waals surface area contributed by atoms with Gasteiger partial charge in [0.15, 0.2) is 5.82 Å². The normalized spacial score (nSPS) is 12.8. The molecule has 0 aliphatic heterocycles. The molecule has 214 valence electrons. The molecule has 5 aromatic carbocycles. The van der Waals surface area contributed by atoms with Gasteiger partial charge < -0.3 is 0 Å². The van der Waals surface area contributed by atoms with E-state index in [0.29, 0.717) is 5.82 Å².